The average molecular weight is 485 g/mol. The zero-order valence-corrected chi connectivity index (χ0v) is 24.1. The van der Waals surface area contributed by atoms with Crippen molar-refractivity contribution in [3.63, 3.8) is 0 Å². The molecule has 0 aliphatic heterocycles. The molecule has 12 heteroatoms. The van der Waals surface area contributed by atoms with E-state index in [-0.39, 0.29) is 119 Å². The van der Waals surface area contributed by atoms with Crippen LogP contribution in [0.2, 0.25) is 0 Å². The van der Waals surface area contributed by atoms with Gasteiger partial charge in [-0.1, -0.05) is 12.1 Å². The van der Waals surface area contributed by atoms with Crippen LogP contribution in [0.1, 0.15) is 31.3 Å². The number of thiazole rings is 1. The summed E-state index contributed by atoms with van der Waals surface area (Å²) in [5.74, 6) is -2.79. The van der Waals surface area contributed by atoms with Gasteiger partial charge in [0.15, 0.2) is 0 Å². The van der Waals surface area contributed by atoms with Crippen molar-refractivity contribution >= 4 is 43.5 Å². The number of aromatic carboxylic acids is 2. The Bertz CT molecular complexity index is 1110. The number of carbonyl (C=O) groups excluding carboxylic acids is 2. The fourth-order valence-electron chi connectivity index (χ4n) is 2.22. The number of nitrogens with two attached hydrogens (primary N) is 1. The Hall–Kier alpha value is 0.453. The monoisotopic (exact) mass is 484 g/mol. The number of hydrogen-bond acceptors (Lipinski definition) is 8. The molecular formula is C17H14K2N2O6S2. The minimum absolute atomic E-state index is 0. The molecule has 0 atom stereocenters. The predicted octanol–water partition coefficient (Wildman–Crippen LogP) is -6.02. The Kier molecular flexibility index (Phi) is 12.7. The number of carboxylic acid groups (broad SMARTS) is 2. The SMILES string of the molecule is Cc1cc(C(=O)[O-])cc(C(=O)[O-])c1.Cc1nc2ccc(S(N)(=O)=O)cc2s1.[K+].[K+]. The van der Waals surface area contributed by atoms with Crippen molar-refractivity contribution in [3.8, 4) is 0 Å². The zero-order valence-electron chi connectivity index (χ0n) is 16.3. The van der Waals surface area contributed by atoms with Gasteiger partial charge in [-0.25, -0.2) is 18.5 Å². The van der Waals surface area contributed by atoms with E-state index in [0.717, 1.165) is 21.3 Å². The van der Waals surface area contributed by atoms with E-state index in [9.17, 15) is 28.2 Å². The molecule has 1 aromatic heterocycles. The Morgan fingerprint density at radius 2 is 1.48 bits per heavy atom. The van der Waals surface area contributed by atoms with Crippen LogP contribution in [0.4, 0.5) is 0 Å². The number of rotatable bonds is 3. The molecule has 3 rings (SSSR count). The second-order valence-corrected chi connectivity index (χ2v) is 8.37. The number of benzene rings is 2. The van der Waals surface area contributed by atoms with E-state index in [1.165, 1.54) is 29.5 Å². The summed E-state index contributed by atoms with van der Waals surface area (Å²) in [5, 5.41) is 26.7. The molecule has 0 aliphatic rings. The third kappa shape index (κ3) is 8.84. The van der Waals surface area contributed by atoms with Crippen molar-refractivity contribution < 1.29 is 131 Å². The molecule has 0 saturated heterocycles. The van der Waals surface area contributed by atoms with E-state index in [0.29, 0.717) is 5.56 Å². The molecule has 0 aliphatic carbocycles. The van der Waals surface area contributed by atoms with Gasteiger partial charge in [-0.2, -0.15) is 0 Å². The smallest absolute Gasteiger partial charge is 0.545 e. The van der Waals surface area contributed by atoms with E-state index < -0.39 is 22.0 Å². The van der Waals surface area contributed by atoms with Gasteiger partial charge in [0.2, 0.25) is 10.0 Å². The Labute approximate surface area is 256 Å². The van der Waals surface area contributed by atoms with Crippen molar-refractivity contribution in [1.82, 2.24) is 4.98 Å². The number of nitrogens with zero attached hydrogens (tertiary/aromatic N) is 1. The van der Waals surface area contributed by atoms with Crippen LogP contribution in [0.25, 0.3) is 10.2 Å². The Morgan fingerprint density at radius 1 is 0.966 bits per heavy atom. The van der Waals surface area contributed by atoms with Crippen LogP contribution < -0.4 is 118 Å². The molecular weight excluding hydrogens is 471 g/mol. The van der Waals surface area contributed by atoms with Crippen LogP contribution >= 0.6 is 11.3 Å². The summed E-state index contributed by atoms with van der Waals surface area (Å²) in [5.41, 5.74) is 1.04. The van der Waals surface area contributed by atoms with Crippen LogP contribution in [-0.2, 0) is 10.0 Å². The van der Waals surface area contributed by atoms with Crippen molar-refractivity contribution in [1.29, 1.82) is 0 Å². The Balaban J connectivity index is 0.000000507. The van der Waals surface area contributed by atoms with Gasteiger partial charge in [0.1, 0.15) is 0 Å². The van der Waals surface area contributed by atoms with Crippen molar-refractivity contribution in [2.24, 2.45) is 5.14 Å². The van der Waals surface area contributed by atoms with Gasteiger partial charge < -0.3 is 19.8 Å². The topological polar surface area (TPSA) is 153 Å². The standard InChI is InChI=1S/C9H8O4.C8H8N2O2S2.2K/c1-5-2-6(8(10)11)4-7(3-5)9(12)13;1-5-10-7-3-2-6(14(9,11)12)4-8(7)13-5;;/h2-4H,1H3,(H,10,11)(H,12,13);2-4H,1H3,(H2,9,11,12);;/q;;2*+1/p-2. The van der Waals surface area contributed by atoms with E-state index >= 15 is 0 Å². The second-order valence-electron chi connectivity index (χ2n) is 5.57. The third-order valence-corrected chi connectivity index (χ3v) is 5.19. The minimum Gasteiger partial charge on any atom is -0.545 e. The van der Waals surface area contributed by atoms with Crippen LogP contribution in [0.5, 0.6) is 0 Å². The van der Waals surface area contributed by atoms with Gasteiger partial charge in [-0.05, 0) is 54.8 Å². The van der Waals surface area contributed by atoms with Gasteiger partial charge in [-0.15, -0.1) is 11.3 Å². The Morgan fingerprint density at radius 3 is 1.93 bits per heavy atom. The fraction of sp³-hybridized carbons (Fsp3) is 0.118. The summed E-state index contributed by atoms with van der Waals surface area (Å²) in [7, 11) is -3.61. The molecule has 0 fully saturated rings. The van der Waals surface area contributed by atoms with Crippen LogP contribution in [0.15, 0.2) is 41.3 Å². The molecule has 2 aromatic carbocycles. The maximum atomic E-state index is 11.0. The molecule has 0 bridgehead atoms. The summed E-state index contributed by atoms with van der Waals surface area (Å²) in [4.78, 5) is 25.2. The average Bonchev–Trinajstić information content (AvgIpc) is 2.93. The molecule has 29 heavy (non-hydrogen) atoms. The van der Waals surface area contributed by atoms with Gasteiger partial charge in [0.25, 0.3) is 0 Å². The maximum absolute atomic E-state index is 11.0. The van der Waals surface area contributed by atoms with E-state index in [4.69, 9.17) is 5.14 Å². The summed E-state index contributed by atoms with van der Waals surface area (Å²) >= 11 is 1.45. The number of carboxylic acids is 2. The number of hydrogen-bond donors (Lipinski definition) is 1. The first kappa shape index (κ1) is 29.5. The largest absolute Gasteiger partial charge is 1.00 e. The molecule has 2 N–H and O–H groups in total. The summed E-state index contributed by atoms with van der Waals surface area (Å²) in [6.45, 7) is 3.47. The molecule has 8 nitrogen and oxygen atoms in total. The van der Waals surface area contributed by atoms with Crippen molar-refractivity contribution in [2.45, 2.75) is 18.7 Å². The first-order valence-corrected chi connectivity index (χ1v) is 9.78. The summed E-state index contributed by atoms with van der Waals surface area (Å²) < 4.78 is 22.9. The number of carbonyl (C=O) groups is 2. The molecule has 1 heterocycles. The molecule has 0 amide bonds. The number of aromatic nitrogens is 1. The number of primary sulfonamides is 1. The van der Waals surface area contributed by atoms with Gasteiger partial charge in [-0.3, -0.25) is 0 Å². The molecule has 142 valence electrons. The molecule has 0 unspecified atom stereocenters. The summed E-state index contributed by atoms with van der Waals surface area (Å²) in [6.07, 6.45) is 0. The van der Waals surface area contributed by atoms with E-state index in [1.54, 1.807) is 19.1 Å². The second kappa shape index (κ2) is 12.5. The first-order chi connectivity index (χ1) is 12.5. The minimum atomic E-state index is -3.61. The zero-order chi connectivity index (χ0) is 20.4. The quantitative estimate of drug-likeness (QED) is 0.363. The van der Waals surface area contributed by atoms with Crippen LogP contribution in [-0.4, -0.2) is 25.3 Å². The maximum Gasteiger partial charge on any atom is 1.00 e. The molecule has 0 saturated carbocycles. The first-order valence-electron chi connectivity index (χ1n) is 7.42. The van der Waals surface area contributed by atoms with Crippen LogP contribution in [0.3, 0.4) is 0 Å². The fourth-order valence-corrected chi connectivity index (χ4v) is 3.70. The van der Waals surface area contributed by atoms with Gasteiger partial charge in [0.05, 0.1) is 32.1 Å². The van der Waals surface area contributed by atoms with Crippen LogP contribution in [0, 0.1) is 13.8 Å². The number of sulfonamides is 1. The third-order valence-electron chi connectivity index (χ3n) is 3.34. The van der Waals surface area contributed by atoms with E-state index in [1.807, 2.05) is 6.92 Å². The number of fused-ring (bicyclic) bond motifs is 1. The van der Waals surface area contributed by atoms with Crippen molar-refractivity contribution in [3.05, 3.63) is 58.1 Å². The molecule has 0 radical (unpaired) electrons. The normalized spacial score (nSPS) is 10.2. The van der Waals surface area contributed by atoms with Crippen molar-refractivity contribution in [2.75, 3.05) is 0 Å². The van der Waals surface area contributed by atoms with Gasteiger partial charge >= 0.3 is 103 Å². The molecule has 3 aromatic rings. The predicted molar refractivity (Wildman–Crippen MR) is 95.6 cm³/mol. The van der Waals surface area contributed by atoms with Gasteiger partial charge in [0, 0.05) is 0 Å². The number of aryl methyl sites for hydroxylation is 2. The summed E-state index contributed by atoms with van der Waals surface area (Å²) in [6, 6.07) is 8.37. The molecule has 0 spiro atoms. The van der Waals surface area contributed by atoms with E-state index in [2.05, 4.69) is 4.98 Å².